The van der Waals surface area contributed by atoms with Crippen molar-refractivity contribution in [2.45, 2.75) is 50.8 Å². The summed E-state index contributed by atoms with van der Waals surface area (Å²) in [5, 5.41) is 7.12. The fraction of sp³-hybridized carbons (Fsp3) is 0.632. The Hall–Kier alpha value is -2.24. The molecule has 1 N–H and O–H groups in total. The van der Waals surface area contributed by atoms with E-state index in [4.69, 9.17) is 24.1 Å². The Labute approximate surface area is 171 Å². The van der Waals surface area contributed by atoms with Gasteiger partial charge in [-0.2, -0.15) is 13.2 Å². The number of carboxylic acids is 1. The van der Waals surface area contributed by atoms with E-state index < -0.39 is 12.1 Å². The molecular formula is C19H25F3N2O6. The third-order valence-corrected chi connectivity index (χ3v) is 4.70. The average molecular weight is 434 g/mol. The van der Waals surface area contributed by atoms with Gasteiger partial charge in [-0.05, 0) is 31.9 Å². The van der Waals surface area contributed by atoms with Gasteiger partial charge in [0.15, 0.2) is 0 Å². The van der Waals surface area contributed by atoms with E-state index >= 15 is 0 Å². The van der Waals surface area contributed by atoms with Gasteiger partial charge in [-0.1, -0.05) is 6.07 Å². The monoisotopic (exact) mass is 434 g/mol. The summed E-state index contributed by atoms with van der Waals surface area (Å²) < 4.78 is 48.7. The van der Waals surface area contributed by atoms with Gasteiger partial charge in [-0.15, -0.1) is 0 Å². The number of nitrogens with zero attached hydrogens (tertiary/aromatic N) is 2. The van der Waals surface area contributed by atoms with Crippen LogP contribution in [0.25, 0.3) is 0 Å². The topological polar surface area (TPSA) is 98.2 Å². The van der Waals surface area contributed by atoms with Crippen LogP contribution in [0, 0.1) is 6.92 Å². The highest BCUT2D eigenvalue weighted by Gasteiger charge is 2.46. The van der Waals surface area contributed by atoms with Crippen molar-refractivity contribution in [3.05, 3.63) is 29.6 Å². The van der Waals surface area contributed by atoms with Crippen molar-refractivity contribution in [1.82, 2.24) is 9.88 Å². The number of rotatable bonds is 5. The molecule has 30 heavy (non-hydrogen) atoms. The molecule has 0 aliphatic carbocycles. The minimum Gasteiger partial charge on any atom is -0.475 e. The molecule has 0 unspecified atom stereocenters. The van der Waals surface area contributed by atoms with Crippen molar-refractivity contribution in [2.75, 3.05) is 26.9 Å². The number of fused-ring (bicyclic) bond motifs is 1. The van der Waals surface area contributed by atoms with Crippen LogP contribution in [0.2, 0.25) is 0 Å². The molecule has 3 rings (SSSR count). The number of halogens is 3. The van der Waals surface area contributed by atoms with E-state index in [0.29, 0.717) is 13.2 Å². The molecule has 0 saturated carbocycles. The zero-order valence-corrected chi connectivity index (χ0v) is 16.7. The maximum atomic E-state index is 12.2. The molecule has 3 atom stereocenters. The molecule has 0 aromatic carbocycles. The van der Waals surface area contributed by atoms with Crippen molar-refractivity contribution >= 4 is 11.9 Å². The van der Waals surface area contributed by atoms with E-state index in [2.05, 4.69) is 4.98 Å². The van der Waals surface area contributed by atoms with Crippen molar-refractivity contribution in [3.8, 4) is 0 Å². The van der Waals surface area contributed by atoms with Gasteiger partial charge in [0.25, 0.3) is 0 Å². The zero-order valence-electron chi connectivity index (χ0n) is 16.7. The Morgan fingerprint density at radius 1 is 1.37 bits per heavy atom. The lowest BCUT2D eigenvalue weighted by molar-refractivity contribution is -0.192. The van der Waals surface area contributed by atoms with Gasteiger partial charge in [0.2, 0.25) is 5.91 Å². The van der Waals surface area contributed by atoms with E-state index in [1.807, 2.05) is 30.0 Å². The smallest absolute Gasteiger partial charge is 0.475 e. The summed E-state index contributed by atoms with van der Waals surface area (Å²) >= 11 is 0. The van der Waals surface area contributed by atoms with Crippen LogP contribution in [-0.4, -0.2) is 78.2 Å². The highest BCUT2D eigenvalue weighted by atomic mass is 19.4. The molecule has 1 aromatic rings. The number of pyridine rings is 1. The molecule has 1 aromatic heterocycles. The predicted octanol–water partition coefficient (Wildman–Crippen LogP) is 1.94. The molecule has 2 aliphatic rings. The fourth-order valence-electron chi connectivity index (χ4n) is 3.42. The van der Waals surface area contributed by atoms with E-state index in [9.17, 15) is 18.0 Å². The molecule has 3 heterocycles. The van der Waals surface area contributed by atoms with Crippen LogP contribution < -0.4 is 0 Å². The summed E-state index contributed by atoms with van der Waals surface area (Å²) in [5.74, 6) is -2.75. The number of hydrogen-bond donors (Lipinski definition) is 1. The van der Waals surface area contributed by atoms with Crippen LogP contribution in [-0.2, 0) is 30.4 Å². The number of aromatic nitrogens is 1. The number of alkyl halides is 3. The number of carbonyl (C=O) groups is 2. The van der Waals surface area contributed by atoms with Crippen LogP contribution >= 0.6 is 0 Å². The van der Waals surface area contributed by atoms with Gasteiger partial charge in [0.05, 0.1) is 18.3 Å². The van der Waals surface area contributed by atoms with E-state index in [0.717, 1.165) is 30.8 Å². The third-order valence-electron chi connectivity index (χ3n) is 4.70. The standard InChI is InChI=1S/C17H24N2O4.C2HF3O2/c1-12-5-3-6-13(18-12)10-23-15-9-19(16(20)11-21-2)14-7-4-8-22-17(14)15;3-2(4,5)1(6)7/h3,5-6,14-15,17H,4,7-11H2,1-2H3;(H,6,7)/t14-,15+,17+;/m1./s1. The fourth-order valence-corrected chi connectivity index (χ4v) is 3.42. The van der Waals surface area contributed by atoms with Crippen LogP contribution in [0.5, 0.6) is 0 Å². The van der Waals surface area contributed by atoms with E-state index in [1.54, 1.807) is 7.11 Å². The van der Waals surface area contributed by atoms with Gasteiger partial charge < -0.3 is 24.2 Å². The summed E-state index contributed by atoms with van der Waals surface area (Å²) in [5.41, 5.74) is 1.88. The number of amides is 1. The van der Waals surface area contributed by atoms with Gasteiger partial charge >= 0.3 is 12.1 Å². The lowest BCUT2D eigenvalue weighted by Gasteiger charge is -2.32. The number of ether oxygens (including phenoxy) is 3. The molecule has 0 spiro atoms. The second-order valence-corrected chi connectivity index (χ2v) is 6.95. The van der Waals surface area contributed by atoms with Crippen LogP contribution in [0.15, 0.2) is 18.2 Å². The highest BCUT2D eigenvalue weighted by molar-refractivity contribution is 5.78. The molecule has 2 fully saturated rings. The molecule has 2 saturated heterocycles. The number of likely N-dealkylation sites (tertiary alicyclic amines) is 1. The second-order valence-electron chi connectivity index (χ2n) is 6.95. The van der Waals surface area contributed by atoms with Crippen LogP contribution in [0.1, 0.15) is 24.2 Å². The summed E-state index contributed by atoms with van der Waals surface area (Å²) in [6.07, 6.45) is -3.30. The van der Waals surface area contributed by atoms with E-state index in [1.165, 1.54) is 0 Å². The Morgan fingerprint density at radius 3 is 2.67 bits per heavy atom. The molecule has 11 heteroatoms. The lowest BCUT2D eigenvalue weighted by atomic mass is 10.0. The van der Waals surface area contributed by atoms with Gasteiger partial charge in [-0.3, -0.25) is 9.78 Å². The number of aliphatic carboxylic acids is 1. The van der Waals surface area contributed by atoms with Crippen LogP contribution in [0.4, 0.5) is 13.2 Å². The largest absolute Gasteiger partial charge is 0.490 e. The molecule has 1 amide bonds. The molecule has 8 nitrogen and oxygen atoms in total. The first-order valence-electron chi connectivity index (χ1n) is 9.37. The predicted molar refractivity (Wildman–Crippen MR) is 97.6 cm³/mol. The Balaban J connectivity index is 0.000000396. The Bertz CT molecular complexity index is 730. The summed E-state index contributed by atoms with van der Waals surface area (Å²) in [7, 11) is 1.54. The van der Waals surface area contributed by atoms with Crippen molar-refractivity contribution < 1.29 is 42.1 Å². The number of methoxy groups -OCH3 is 1. The molecule has 0 bridgehead atoms. The highest BCUT2D eigenvalue weighted by Crippen LogP contribution is 2.31. The SMILES string of the molecule is COCC(=O)N1C[C@H](OCc2cccc(C)n2)[C@H]2OCCC[C@H]21.O=C(O)C(F)(F)F. The summed E-state index contributed by atoms with van der Waals surface area (Å²) in [6.45, 7) is 3.80. The lowest BCUT2D eigenvalue weighted by Crippen LogP contribution is -2.44. The maximum absolute atomic E-state index is 12.2. The van der Waals surface area contributed by atoms with Crippen LogP contribution in [0.3, 0.4) is 0 Å². The third kappa shape index (κ3) is 6.64. The number of carbonyl (C=O) groups excluding carboxylic acids is 1. The Morgan fingerprint density at radius 2 is 2.07 bits per heavy atom. The zero-order chi connectivity index (χ0) is 22.3. The van der Waals surface area contributed by atoms with Gasteiger partial charge in [0.1, 0.15) is 18.8 Å². The first kappa shape index (κ1) is 24.0. The minimum atomic E-state index is -5.08. The molecular weight excluding hydrogens is 409 g/mol. The molecule has 0 radical (unpaired) electrons. The molecule has 2 aliphatic heterocycles. The van der Waals surface area contributed by atoms with E-state index in [-0.39, 0.29) is 30.8 Å². The van der Waals surface area contributed by atoms with Crippen molar-refractivity contribution in [2.24, 2.45) is 0 Å². The Kier molecular flexibility index (Phi) is 8.56. The number of hydrogen-bond acceptors (Lipinski definition) is 6. The maximum Gasteiger partial charge on any atom is 0.490 e. The van der Waals surface area contributed by atoms with Crippen molar-refractivity contribution in [1.29, 1.82) is 0 Å². The first-order valence-corrected chi connectivity index (χ1v) is 9.37. The average Bonchev–Trinajstić information content (AvgIpc) is 3.05. The quantitative estimate of drug-likeness (QED) is 0.756. The minimum absolute atomic E-state index is 0.00720. The first-order chi connectivity index (χ1) is 14.1. The van der Waals surface area contributed by atoms with Gasteiger partial charge in [0, 0.05) is 26.0 Å². The summed E-state index contributed by atoms with van der Waals surface area (Å²) in [6, 6.07) is 5.99. The van der Waals surface area contributed by atoms with Gasteiger partial charge in [-0.25, -0.2) is 4.79 Å². The van der Waals surface area contributed by atoms with Crippen molar-refractivity contribution in [3.63, 3.8) is 0 Å². The molecule has 168 valence electrons. The normalized spacial score (nSPS) is 23.4. The number of aryl methyl sites for hydroxylation is 1. The summed E-state index contributed by atoms with van der Waals surface area (Å²) in [4.78, 5) is 27.5. The number of carboxylic acid groups (broad SMARTS) is 1. The second kappa shape index (κ2) is 10.7.